The minimum atomic E-state index is -1.55. The molecular weight excluding hydrogens is 782 g/mol. The molecule has 60 heavy (non-hydrogen) atoms. The lowest BCUT2D eigenvalue weighted by molar-refractivity contribution is -0.298. The molecule has 5 aliphatic heterocycles. The first kappa shape index (κ1) is 45.0. The van der Waals surface area contributed by atoms with Crippen molar-refractivity contribution in [2.24, 2.45) is 5.41 Å². The van der Waals surface area contributed by atoms with E-state index in [2.05, 4.69) is 19.2 Å². The zero-order valence-electron chi connectivity index (χ0n) is 34.6. The Balaban J connectivity index is 1.15. The zero-order chi connectivity index (χ0) is 42.6. The van der Waals surface area contributed by atoms with Gasteiger partial charge in [0.25, 0.3) is 0 Å². The van der Waals surface area contributed by atoms with Gasteiger partial charge in [-0.25, -0.2) is 0 Å². The average Bonchev–Trinajstić information content (AvgIpc) is 3.98. The van der Waals surface area contributed by atoms with E-state index in [0.29, 0.717) is 32.2 Å². The highest BCUT2D eigenvalue weighted by Crippen LogP contribution is 2.59. The number of hydrogen-bond donors (Lipinski definition) is 6. The second kappa shape index (κ2) is 19.5. The number of likely N-dealkylation sites (tertiary alicyclic amines) is 1. The third-order valence-corrected chi connectivity index (χ3v) is 13.0. The molecule has 6 aliphatic rings. The molecule has 1 aliphatic carbocycles. The van der Waals surface area contributed by atoms with Crippen molar-refractivity contribution in [2.75, 3.05) is 32.9 Å². The lowest BCUT2D eigenvalue weighted by Crippen LogP contribution is -2.70. The Morgan fingerprint density at radius 3 is 2.47 bits per heavy atom. The second-order valence-electron chi connectivity index (χ2n) is 17.1. The van der Waals surface area contributed by atoms with Crippen LogP contribution in [0.2, 0.25) is 0 Å². The van der Waals surface area contributed by atoms with Gasteiger partial charge in [-0.1, -0.05) is 75.9 Å². The third-order valence-electron chi connectivity index (χ3n) is 13.0. The molecule has 0 aromatic heterocycles. The lowest BCUT2D eigenvalue weighted by Gasteiger charge is -2.50. The van der Waals surface area contributed by atoms with Crippen LogP contribution < -0.4 is 5.32 Å². The number of carbonyl (C=O) groups is 3. The summed E-state index contributed by atoms with van der Waals surface area (Å²) in [5.74, 6) is -2.22. The van der Waals surface area contributed by atoms with E-state index >= 15 is 4.79 Å². The Morgan fingerprint density at radius 1 is 1.00 bits per heavy atom. The fraction of sp³-hybridized carbons (Fsp3) is 0.744. The van der Waals surface area contributed by atoms with Crippen molar-refractivity contribution in [2.45, 2.75) is 164 Å². The van der Waals surface area contributed by atoms with Crippen LogP contribution in [0.25, 0.3) is 6.08 Å². The Bertz CT molecular complexity index is 1670. The van der Waals surface area contributed by atoms with E-state index in [0.717, 1.165) is 49.7 Å². The molecule has 6 N–H and O–H groups in total. The standard InChI is InChI=1S/C43H63N3O14/c1-3-5-7-16-42(17-8-6-4-2)58-34-29-23-43(41(54)45-19-10-15-28(45)38(52)44-18-20-47)36(39(53)56-29)46(60-37(43)35(34)59-42)24-27-13-9-12-26(22-27)14-11-21-55-40-33(51)32(50)31(49)30(25-48)57-40/h9,11-14,22,28-37,40,47-51H,3-8,10,15-21,23-25H2,1-2H3,(H,44,52)/t28-,29?,30-,31+,32+,33-,34+,35+,36+,37-,40+,43?/m1/s1. The predicted molar refractivity (Wildman–Crippen MR) is 212 cm³/mol. The van der Waals surface area contributed by atoms with Gasteiger partial charge < -0.3 is 59.4 Å². The van der Waals surface area contributed by atoms with Crippen molar-refractivity contribution >= 4 is 23.9 Å². The summed E-state index contributed by atoms with van der Waals surface area (Å²) in [6, 6.07) is 5.58. The van der Waals surface area contributed by atoms with Gasteiger partial charge in [-0.15, -0.1) is 0 Å². The van der Waals surface area contributed by atoms with Crippen molar-refractivity contribution in [3.8, 4) is 0 Å². The molecule has 1 saturated carbocycles. The van der Waals surface area contributed by atoms with Crippen molar-refractivity contribution in [1.29, 1.82) is 0 Å². The number of rotatable bonds is 19. The summed E-state index contributed by atoms with van der Waals surface area (Å²) in [5, 5.41) is 53.6. The molecule has 5 saturated heterocycles. The van der Waals surface area contributed by atoms with Crippen LogP contribution in [0.4, 0.5) is 0 Å². The van der Waals surface area contributed by atoms with Gasteiger partial charge in [0.2, 0.25) is 11.8 Å². The van der Waals surface area contributed by atoms with Gasteiger partial charge in [-0.3, -0.25) is 19.2 Å². The van der Waals surface area contributed by atoms with Crippen molar-refractivity contribution < 1.29 is 68.4 Å². The number of aliphatic hydroxyl groups excluding tert-OH is 5. The van der Waals surface area contributed by atoms with Crippen LogP contribution in [0.1, 0.15) is 95.6 Å². The number of nitrogens with one attached hydrogen (secondary N) is 1. The number of amides is 2. The molecule has 2 amide bonds. The summed E-state index contributed by atoms with van der Waals surface area (Å²) in [6.07, 6.45) is 1.85. The van der Waals surface area contributed by atoms with Gasteiger partial charge in [0.15, 0.2) is 18.1 Å². The zero-order valence-corrected chi connectivity index (χ0v) is 34.6. The molecule has 0 radical (unpaired) electrons. The maximum Gasteiger partial charge on any atom is 0.327 e. The first-order valence-corrected chi connectivity index (χ1v) is 21.9. The Morgan fingerprint density at radius 2 is 1.75 bits per heavy atom. The van der Waals surface area contributed by atoms with Gasteiger partial charge >= 0.3 is 5.97 Å². The van der Waals surface area contributed by atoms with E-state index in [9.17, 15) is 35.1 Å². The van der Waals surface area contributed by atoms with Crippen LogP contribution >= 0.6 is 0 Å². The minimum absolute atomic E-state index is 0.0257. The maximum atomic E-state index is 15.3. The highest BCUT2D eigenvalue weighted by atomic mass is 16.8. The first-order valence-electron chi connectivity index (χ1n) is 21.9. The quantitative estimate of drug-likeness (QED) is 0.0846. The molecule has 1 aromatic carbocycles. The van der Waals surface area contributed by atoms with Crippen LogP contribution in [0.5, 0.6) is 0 Å². The summed E-state index contributed by atoms with van der Waals surface area (Å²) in [5.41, 5.74) is 0.0927. The Hall–Kier alpha value is -3.07. The van der Waals surface area contributed by atoms with Gasteiger partial charge in [0.1, 0.15) is 60.3 Å². The van der Waals surface area contributed by atoms with Crippen molar-refractivity contribution in [3.05, 3.63) is 41.5 Å². The molecule has 0 spiro atoms. The Kier molecular flexibility index (Phi) is 14.6. The van der Waals surface area contributed by atoms with Crippen molar-refractivity contribution in [1.82, 2.24) is 15.3 Å². The topological polar surface area (TPSA) is 226 Å². The van der Waals surface area contributed by atoms with E-state index in [1.54, 1.807) is 22.1 Å². The van der Waals surface area contributed by atoms with Gasteiger partial charge in [-0.05, 0) is 36.8 Å². The van der Waals surface area contributed by atoms with Crippen LogP contribution in [0.15, 0.2) is 30.3 Å². The molecule has 334 valence electrons. The smallest absolute Gasteiger partial charge is 0.327 e. The number of fused-ring (bicyclic) bond motifs is 4. The number of nitrogens with zero attached hydrogens (tertiary/aromatic N) is 2. The highest BCUT2D eigenvalue weighted by Gasteiger charge is 2.77. The summed E-state index contributed by atoms with van der Waals surface area (Å²) in [6.45, 7) is 3.96. The SMILES string of the molecule is CCCCCC1(CCCCC)O[C@@H]2[C@H]3ON(Cc4cccc(C=CCO[C@H]5O[C@H](CO)[C@H](O)[C@H](O)[C@H]5O)c4)[C@H]4C(=O)OC(CC34C(=O)N3CCC[C@@H]3C(=O)NCCO)[C@@H]2O1. The molecule has 2 unspecified atom stereocenters. The summed E-state index contributed by atoms with van der Waals surface area (Å²) in [4.78, 5) is 51.5. The van der Waals surface area contributed by atoms with Gasteiger partial charge in [-0.2, -0.15) is 5.06 Å². The molecule has 17 heteroatoms. The Labute approximate surface area is 350 Å². The van der Waals surface area contributed by atoms with Crippen LogP contribution in [0, 0.1) is 5.41 Å². The largest absolute Gasteiger partial charge is 0.458 e. The minimum Gasteiger partial charge on any atom is -0.458 e. The number of ether oxygens (including phenoxy) is 5. The number of esters is 1. The van der Waals surface area contributed by atoms with Crippen LogP contribution in [-0.2, 0) is 49.5 Å². The van der Waals surface area contributed by atoms with E-state index in [4.69, 9.17) is 28.5 Å². The number of hydroxylamine groups is 2. The number of unbranched alkanes of at least 4 members (excludes halogenated alkanes) is 4. The molecule has 5 heterocycles. The van der Waals surface area contributed by atoms with Gasteiger partial charge in [0, 0.05) is 32.4 Å². The lowest BCUT2D eigenvalue weighted by atomic mass is 9.62. The van der Waals surface area contributed by atoms with E-state index in [1.165, 1.54) is 0 Å². The van der Waals surface area contributed by atoms with Crippen LogP contribution in [-0.4, -0.2) is 159 Å². The highest BCUT2D eigenvalue weighted by molar-refractivity contribution is 5.96. The fourth-order valence-electron chi connectivity index (χ4n) is 10.0. The van der Waals surface area contributed by atoms with E-state index < -0.39 is 91.0 Å². The molecule has 17 nitrogen and oxygen atoms in total. The summed E-state index contributed by atoms with van der Waals surface area (Å²) < 4.78 is 31.2. The molecule has 1 aromatic rings. The number of aliphatic hydroxyl groups is 5. The van der Waals surface area contributed by atoms with E-state index in [1.807, 2.05) is 24.3 Å². The number of benzene rings is 1. The molecule has 7 rings (SSSR count). The molecule has 6 fully saturated rings. The average molecular weight is 846 g/mol. The monoisotopic (exact) mass is 845 g/mol. The predicted octanol–water partition coefficient (Wildman–Crippen LogP) is 1.06. The normalized spacial score (nSPS) is 35.8. The fourth-order valence-corrected chi connectivity index (χ4v) is 10.0. The first-order chi connectivity index (χ1) is 29.0. The van der Waals surface area contributed by atoms with E-state index in [-0.39, 0.29) is 44.5 Å². The maximum absolute atomic E-state index is 15.3. The summed E-state index contributed by atoms with van der Waals surface area (Å²) >= 11 is 0. The third kappa shape index (κ3) is 8.78. The number of hydrogen-bond acceptors (Lipinski definition) is 15. The summed E-state index contributed by atoms with van der Waals surface area (Å²) in [7, 11) is 0. The molecule has 2 bridgehead atoms. The number of carbonyl (C=O) groups excluding carboxylic acids is 3. The molecular formula is C43H63N3O14. The second-order valence-corrected chi connectivity index (χ2v) is 17.1. The van der Waals surface area contributed by atoms with Crippen molar-refractivity contribution in [3.63, 3.8) is 0 Å². The van der Waals surface area contributed by atoms with Crippen LogP contribution in [0.3, 0.4) is 0 Å². The molecule has 12 atom stereocenters. The van der Waals surface area contributed by atoms with Gasteiger partial charge in [0.05, 0.1) is 26.4 Å².